The summed E-state index contributed by atoms with van der Waals surface area (Å²) < 4.78 is 24.3. The van der Waals surface area contributed by atoms with Crippen LogP contribution >= 0.6 is 0 Å². The molecule has 7 N–H and O–H groups in total. The van der Waals surface area contributed by atoms with E-state index >= 15 is 0 Å². The first-order chi connectivity index (χ1) is 24.7. The Kier molecular flexibility index (Phi) is 10.2. The van der Waals surface area contributed by atoms with Gasteiger partial charge in [-0.2, -0.15) is 0 Å². The lowest BCUT2D eigenvalue weighted by atomic mass is 9.33. The molecule has 18 atom stereocenters. The highest BCUT2D eigenvalue weighted by molar-refractivity contribution is 5.76. The number of carboxylic acid groups (broad SMARTS) is 1. The third-order valence-corrected chi connectivity index (χ3v) is 17.0. The Morgan fingerprint density at radius 1 is 0.830 bits per heavy atom. The lowest BCUT2D eigenvalue weighted by Gasteiger charge is -2.71. The third-order valence-electron chi connectivity index (χ3n) is 17.0. The van der Waals surface area contributed by atoms with Crippen LogP contribution in [0.2, 0.25) is 0 Å². The van der Waals surface area contributed by atoms with Crippen molar-refractivity contribution in [3.63, 3.8) is 0 Å². The van der Waals surface area contributed by atoms with Crippen LogP contribution in [0, 0.1) is 50.2 Å². The minimum absolute atomic E-state index is 0.0360. The number of carbonyl (C=O) groups is 1. The zero-order valence-corrected chi connectivity index (χ0v) is 32.7. The molecule has 0 aromatic carbocycles. The highest BCUT2D eigenvalue weighted by atomic mass is 16.8. The lowest BCUT2D eigenvalue weighted by molar-refractivity contribution is -0.365. The van der Waals surface area contributed by atoms with E-state index in [-0.39, 0.29) is 46.7 Å². The molecule has 0 unspecified atom stereocenters. The summed E-state index contributed by atoms with van der Waals surface area (Å²) in [6.45, 7) is 15.1. The van der Waals surface area contributed by atoms with E-state index in [1.165, 1.54) is 12.5 Å². The number of rotatable bonds is 6. The van der Waals surface area contributed by atoms with Crippen molar-refractivity contribution >= 4 is 5.97 Å². The Morgan fingerprint density at radius 3 is 2.21 bits per heavy atom. The van der Waals surface area contributed by atoms with Crippen molar-refractivity contribution in [3.05, 3.63) is 11.6 Å². The van der Waals surface area contributed by atoms with Gasteiger partial charge in [-0.3, -0.25) is 4.79 Å². The highest BCUT2D eigenvalue weighted by Crippen LogP contribution is 2.76. The largest absolute Gasteiger partial charge is 0.481 e. The zero-order chi connectivity index (χ0) is 38.7. The standard InChI is InChI=1S/C41H66O12/c1-21-28(44)30(46)31(47)33(51-21)53-32-29(45)24(43)19-50-34(32)52-27-11-12-37(4)25(38(27,5)20-42)10-13-40(7)26(37)9-8-22-23-18-36(2,3)14-16-41(23,35(48)49)17-15-39(22,40)6/h8,21,23-34,42-47H,9-20H2,1-7H3,(H,48,49)/t21-,23-,24-,25-,26+,27+,28+,29-,30+,31+,32-,33+,34-,37+,38-,39+,40+,41-/m0/s1. The molecule has 2 aliphatic heterocycles. The van der Waals surface area contributed by atoms with E-state index in [0.29, 0.717) is 18.8 Å². The van der Waals surface area contributed by atoms with Crippen LogP contribution in [0.5, 0.6) is 0 Å². The van der Waals surface area contributed by atoms with Gasteiger partial charge >= 0.3 is 5.97 Å². The maximum Gasteiger partial charge on any atom is 0.310 e. The number of fused-ring (bicyclic) bond motifs is 7. The summed E-state index contributed by atoms with van der Waals surface area (Å²) in [7, 11) is 0. The molecule has 0 bridgehead atoms. The molecule has 2 saturated heterocycles. The van der Waals surface area contributed by atoms with Gasteiger partial charge in [0.2, 0.25) is 0 Å². The molecule has 12 heteroatoms. The first-order valence-electron chi connectivity index (χ1n) is 20.2. The van der Waals surface area contributed by atoms with Crippen molar-refractivity contribution in [1.82, 2.24) is 0 Å². The van der Waals surface area contributed by atoms with E-state index in [2.05, 4.69) is 47.6 Å². The predicted molar refractivity (Wildman–Crippen MR) is 192 cm³/mol. The van der Waals surface area contributed by atoms with E-state index in [9.17, 15) is 40.5 Å². The molecule has 7 rings (SSSR count). The van der Waals surface area contributed by atoms with Crippen molar-refractivity contribution in [1.29, 1.82) is 0 Å². The number of ether oxygens (including phenoxy) is 4. The van der Waals surface area contributed by atoms with Crippen LogP contribution < -0.4 is 0 Å². The summed E-state index contributed by atoms with van der Waals surface area (Å²) in [5.41, 5.74) is -0.239. The maximum absolute atomic E-state index is 13.0. The van der Waals surface area contributed by atoms with Gasteiger partial charge in [0.1, 0.15) is 36.6 Å². The van der Waals surface area contributed by atoms with Gasteiger partial charge in [-0.25, -0.2) is 0 Å². The number of hydrogen-bond donors (Lipinski definition) is 7. The van der Waals surface area contributed by atoms with Gasteiger partial charge in [0.15, 0.2) is 12.6 Å². The van der Waals surface area contributed by atoms with E-state index in [1.54, 1.807) is 0 Å². The maximum atomic E-state index is 13.0. The second kappa shape index (κ2) is 13.5. The Labute approximate surface area is 314 Å². The van der Waals surface area contributed by atoms with E-state index < -0.39 is 78.2 Å². The summed E-state index contributed by atoms with van der Waals surface area (Å²) >= 11 is 0. The molecular weight excluding hydrogens is 684 g/mol. The van der Waals surface area contributed by atoms with Crippen LogP contribution in [0.25, 0.3) is 0 Å². The third kappa shape index (κ3) is 5.85. The van der Waals surface area contributed by atoms with Crippen molar-refractivity contribution in [3.8, 4) is 0 Å². The number of aliphatic hydroxyl groups excluding tert-OH is 6. The Morgan fingerprint density at radius 2 is 1.53 bits per heavy atom. The summed E-state index contributed by atoms with van der Waals surface area (Å²) in [5, 5.41) is 74.9. The summed E-state index contributed by atoms with van der Waals surface area (Å²) in [4.78, 5) is 13.0. The smallest absolute Gasteiger partial charge is 0.310 e. The summed E-state index contributed by atoms with van der Waals surface area (Å²) in [5.74, 6) is -0.194. The molecular formula is C41H66O12. The molecule has 53 heavy (non-hydrogen) atoms. The normalized spacial score (nSPS) is 55.1. The second-order valence-corrected chi connectivity index (χ2v) is 20.0. The summed E-state index contributed by atoms with van der Waals surface area (Å²) in [6.07, 6.45) is -1.79. The minimum atomic E-state index is -1.62. The predicted octanol–water partition coefficient (Wildman–Crippen LogP) is 3.52. The van der Waals surface area contributed by atoms with Gasteiger partial charge in [-0.1, -0.05) is 53.2 Å². The van der Waals surface area contributed by atoms with E-state index in [4.69, 9.17) is 18.9 Å². The number of aliphatic hydroxyl groups is 6. The number of allylic oxidation sites excluding steroid dienone is 2. The van der Waals surface area contributed by atoms with Crippen LogP contribution in [-0.2, 0) is 23.7 Å². The van der Waals surface area contributed by atoms with Crippen LogP contribution in [0.3, 0.4) is 0 Å². The van der Waals surface area contributed by atoms with Gasteiger partial charge in [-0.05, 0) is 111 Å². The molecule has 12 nitrogen and oxygen atoms in total. The van der Waals surface area contributed by atoms with Crippen LogP contribution in [-0.4, -0.2) is 116 Å². The van der Waals surface area contributed by atoms with Gasteiger partial charge in [-0.15, -0.1) is 0 Å². The number of aliphatic carboxylic acids is 1. The summed E-state index contributed by atoms with van der Waals surface area (Å²) in [6, 6.07) is 0. The molecule has 0 aromatic heterocycles. The topological polar surface area (TPSA) is 196 Å². The quantitative estimate of drug-likeness (QED) is 0.155. The van der Waals surface area contributed by atoms with Crippen LogP contribution in [0.1, 0.15) is 113 Å². The van der Waals surface area contributed by atoms with Crippen molar-refractivity contribution in [2.75, 3.05) is 13.2 Å². The molecule has 0 aromatic rings. The van der Waals surface area contributed by atoms with Crippen molar-refractivity contribution < 1.29 is 59.5 Å². The Balaban J connectivity index is 1.15. The molecule has 4 saturated carbocycles. The molecule has 302 valence electrons. The van der Waals surface area contributed by atoms with Gasteiger partial charge < -0.3 is 54.7 Å². The molecule has 0 amide bonds. The average molecular weight is 751 g/mol. The van der Waals surface area contributed by atoms with Gasteiger partial charge in [0, 0.05) is 5.41 Å². The fourth-order valence-corrected chi connectivity index (χ4v) is 13.3. The molecule has 2 heterocycles. The average Bonchev–Trinajstić information content (AvgIpc) is 3.10. The second-order valence-electron chi connectivity index (χ2n) is 20.0. The van der Waals surface area contributed by atoms with Gasteiger partial charge in [0.25, 0.3) is 0 Å². The first kappa shape index (κ1) is 40.0. The fraction of sp³-hybridized carbons (Fsp3) is 0.927. The minimum Gasteiger partial charge on any atom is -0.481 e. The van der Waals surface area contributed by atoms with Crippen molar-refractivity contribution in [2.45, 2.75) is 174 Å². The SMILES string of the molecule is C[C@@H]1O[C@H](O[C@@H]2[C@H](O[C@@H]3CC[C@]4(C)[C@H](CC[C@]5(C)[C@@H]4CC=C4[C@@H]6CC(C)(C)CC[C@]6(C(=O)O)CC[C@]45C)[C@]3(C)CO)OC[C@H](O)[C@@H]2O)[C@H](O)[C@H](O)[C@@H]1O. The molecule has 6 fully saturated rings. The molecule has 0 spiro atoms. The Hall–Kier alpha value is -1.19. The Bertz CT molecular complexity index is 1440. The fourth-order valence-electron chi connectivity index (χ4n) is 13.3. The van der Waals surface area contributed by atoms with E-state index in [0.717, 1.165) is 51.4 Å². The van der Waals surface area contributed by atoms with E-state index in [1.807, 2.05) is 0 Å². The molecule has 5 aliphatic carbocycles. The lowest BCUT2D eigenvalue weighted by Crippen LogP contribution is -2.67. The van der Waals surface area contributed by atoms with Crippen LogP contribution in [0.15, 0.2) is 11.6 Å². The molecule has 0 radical (unpaired) electrons. The van der Waals surface area contributed by atoms with Crippen molar-refractivity contribution in [2.24, 2.45) is 50.2 Å². The zero-order valence-electron chi connectivity index (χ0n) is 32.7. The van der Waals surface area contributed by atoms with Crippen LogP contribution in [0.4, 0.5) is 0 Å². The first-order valence-corrected chi connectivity index (χ1v) is 20.2. The number of carboxylic acids is 1. The monoisotopic (exact) mass is 750 g/mol. The van der Waals surface area contributed by atoms with Gasteiger partial charge in [0.05, 0.1) is 30.8 Å². The molecule has 7 aliphatic rings. The number of hydrogen-bond acceptors (Lipinski definition) is 11. The highest BCUT2D eigenvalue weighted by Gasteiger charge is 2.70.